The zero-order valence-electron chi connectivity index (χ0n) is 16.4. The van der Waals surface area contributed by atoms with E-state index in [2.05, 4.69) is 0 Å². The zero-order valence-corrected chi connectivity index (χ0v) is 16.4. The fraction of sp³-hybridized carbons (Fsp3) is 0.333. The van der Waals surface area contributed by atoms with E-state index in [4.69, 9.17) is 14.3 Å². The molecule has 1 atom stereocenters. The quantitative estimate of drug-likeness (QED) is 0.625. The van der Waals surface area contributed by atoms with Crippen LogP contribution in [0.15, 0.2) is 47.1 Å². The molecule has 0 bridgehead atoms. The van der Waals surface area contributed by atoms with Crippen molar-refractivity contribution in [2.24, 2.45) is 0 Å². The van der Waals surface area contributed by atoms with Crippen LogP contribution in [0.4, 0.5) is 5.69 Å². The number of carboxylic acid groups (broad SMARTS) is 1. The number of aliphatic carboxylic acids is 1. The van der Waals surface area contributed by atoms with Gasteiger partial charge in [0.1, 0.15) is 17.6 Å². The summed E-state index contributed by atoms with van der Waals surface area (Å²) in [5, 5.41) is 8.88. The summed E-state index contributed by atoms with van der Waals surface area (Å²) in [7, 11) is 0. The van der Waals surface area contributed by atoms with E-state index in [0.717, 1.165) is 4.90 Å². The lowest BCUT2D eigenvalue weighted by Gasteiger charge is -2.26. The molecule has 1 aromatic heterocycles. The van der Waals surface area contributed by atoms with Gasteiger partial charge in [0, 0.05) is 6.42 Å². The van der Waals surface area contributed by atoms with Gasteiger partial charge in [0.25, 0.3) is 5.91 Å². The Morgan fingerprint density at radius 2 is 1.93 bits per heavy atom. The lowest BCUT2D eigenvalue weighted by atomic mass is 10.1. The van der Waals surface area contributed by atoms with Crippen LogP contribution in [0.1, 0.15) is 31.9 Å². The summed E-state index contributed by atoms with van der Waals surface area (Å²) < 4.78 is 10.6. The van der Waals surface area contributed by atoms with E-state index in [1.165, 1.54) is 11.2 Å². The molecule has 1 saturated heterocycles. The Morgan fingerprint density at radius 3 is 2.53 bits per heavy atom. The molecule has 0 aliphatic carbocycles. The number of benzene rings is 1. The normalized spacial score (nSPS) is 16.0. The molecule has 9 heteroatoms. The van der Waals surface area contributed by atoms with Gasteiger partial charge in [0.2, 0.25) is 11.8 Å². The maximum atomic E-state index is 13.1. The number of hydrogen-bond donors (Lipinski definition) is 1. The Balaban J connectivity index is 1.82. The number of imide groups is 1. The molecule has 2 heterocycles. The molecule has 1 aliphatic heterocycles. The maximum Gasteiger partial charge on any atom is 0.303 e. The van der Waals surface area contributed by atoms with Crippen LogP contribution in [0.25, 0.3) is 0 Å². The molecule has 1 N–H and O–H groups in total. The summed E-state index contributed by atoms with van der Waals surface area (Å²) in [5.41, 5.74) is 0.381. The summed E-state index contributed by atoms with van der Waals surface area (Å²) in [6.45, 7) is 2.30. The van der Waals surface area contributed by atoms with E-state index in [1.807, 2.05) is 6.92 Å². The van der Waals surface area contributed by atoms with Gasteiger partial charge < -0.3 is 19.2 Å². The van der Waals surface area contributed by atoms with Crippen LogP contribution in [0.3, 0.4) is 0 Å². The first-order chi connectivity index (χ1) is 14.4. The number of hydrogen-bond acceptors (Lipinski definition) is 6. The molecule has 30 heavy (non-hydrogen) atoms. The average Bonchev–Trinajstić information content (AvgIpc) is 3.33. The maximum absolute atomic E-state index is 13.1. The fourth-order valence-electron chi connectivity index (χ4n) is 3.29. The van der Waals surface area contributed by atoms with Crippen LogP contribution in [0.2, 0.25) is 0 Å². The Morgan fingerprint density at radius 1 is 1.20 bits per heavy atom. The topological polar surface area (TPSA) is 117 Å². The highest BCUT2D eigenvalue weighted by molar-refractivity contribution is 6.23. The predicted molar refractivity (Wildman–Crippen MR) is 105 cm³/mol. The van der Waals surface area contributed by atoms with Gasteiger partial charge in [-0.1, -0.05) is 0 Å². The number of anilines is 1. The number of amides is 3. The third-order valence-corrected chi connectivity index (χ3v) is 4.68. The SMILES string of the molecule is CCOc1ccc(N2C(=O)C[C@@H](N(Cc3ccco3)C(=O)CCC(=O)O)C2=O)cc1. The van der Waals surface area contributed by atoms with E-state index in [-0.39, 0.29) is 25.8 Å². The van der Waals surface area contributed by atoms with Crippen LogP contribution in [0.5, 0.6) is 5.75 Å². The molecule has 3 rings (SSSR count). The number of nitrogens with zero attached hydrogens (tertiary/aromatic N) is 2. The van der Waals surface area contributed by atoms with Crippen molar-refractivity contribution in [3.05, 3.63) is 48.4 Å². The van der Waals surface area contributed by atoms with Crippen molar-refractivity contribution in [3.8, 4) is 5.75 Å². The summed E-state index contributed by atoms with van der Waals surface area (Å²) >= 11 is 0. The van der Waals surface area contributed by atoms with Gasteiger partial charge in [-0.3, -0.25) is 19.2 Å². The minimum Gasteiger partial charge on any atom is -0.494 e. The monoisotopic (exact) mass is 414 g/mol. The van der Waals surface area contributed by atoms with E-state index in [1.54, 1.807) is 36.4 Å². The third-order valence-electron chi connectivity index (χ3n) is 4.68. The van der Waals surface area contributed by atoms with Crippen molar-refractivity contribution in [3.63, 3.8) is 0 Å². The summed E-state index contributed by atoms with van der Waals surface area (Å²) in [4.78, 5) is 51.5. The number of carboxylic acids is 1. The van der Waals surface area contributed by atoms with Crippen LogP contribution < -0.4 is 9.64 Å². The Labute approximate surface area is 172 Å². The van der Waals surface area contributed by atoms with Crippen LogP contribution >= 0.6 is 0 Å². The van der Waals surface area contributed by atoms with Gasteiger partial charge in [-0.05, 0) is 43.3 Å². The van der Waals surface area contributed by atoms with E-state index < -0.39 is 29.7 Å². The summed E-state index contributed by atoms with van der Waals surface area (Å²) in [6, 6.07) is 8.77. The van der Waals surface area contributed by atoms with Crippen LogP contribution in [-0.2, 0) is 25.7 Å². The van der Waals surface area contributed by atoms with Gasteiger partial charge in [0.05, 0.1) is 37.9 Å². The molecule has 1 aliphatic rings. The van der Waals surface area contributed by atoms with Crippen molar-refractivity contribution >= 4 is 29.4 Å². The molecule has 0 spiro atoms. The van der Waals surface area contributed by atoms with Crippen molar-refractivity contribution in [1.29, 1.82) is 0 Å². The number of carbonyl (C=O) groups excluding carboxylic acids is 3. The smallest absolute Gasteiger partial charge is 0.303 e. The molecule has 158 valence electrons. The van der Waals surface area contributed by atoms with Crippen molar-refractivity contribution in [1.82, 2.24) is 4.90 Å². The molecule has 2 aromatic rings. The van der Waals surface area contributed by atoms with Gasteiger partial charge in [-0.25, -0.2) is 4.90 Å². The standard InChI is InChI=1S/C21H22N2O7/c1-2-29-15-7-5-14(6-8-15)23-19(25)12-17(21(23)28)22(13-16-4-3-11-30-16)18(24)9-10-20(26)27/h3-8,11,17H,2,9-10,12-13H2,1H3,(H,26,27)/t17-/m1/s1. The molecular formula is C21H22N2O7. The zero-order chi connectivity index (χ0) is 21.7. The minimum atomic E-state index is -1.12. The number of ether oxygens (including phenoxy) is 1. The van der Waals surface area contributed by atoms with Crippen LogP contribution in [-0.4, -0.2) is 46.3 Å². The molecular weight excluding hydrogens is 392 g/mol. The van der Waals surface area contributed by atoms with Crippen molar-refractivity contribution < 1.29 is 33.4 Å². The highest BCUT2D eigenvalue weighted by Gasteiger charge is 2.44. The molecule has 0 unspecified atom stereocenters. The molecule has 1 aromatic carbocycles. The van der Waals surface area contributed by atoms with Gasteiger partial charge in [-0.15, -0.1) is 0 Å². The number of rotatable bonds is 9. The third kappa shape index (κ3) is 4.68. The second-order valence-electron chi connectivity index (χ2n) is 6.71. The Hall–Kier alpha value is -3.62. The van der Waals surface area contributed by atoms with Gasteiger partial charge >= 0.3 is 5.97 Å². The first-order valence-electron chi connectivity index (χ1n) is 9.54. The number of carbonyl (C=O) groups is 4. The lowest BCUT2D eigenvalue weighted by molar-refractivity contribution is -0.143. The van der Waals surface area contributed by atoms with Gasteiger partial charge in [0.15, 0.2) is 0 Å². The second kappa shape index (κ2) is 9.25. The molecule has 3 amide bonds. The molecule has 9 nitrogen and oxygen atoms in total. The summed E-state index contributed by atoms with van der Waals surface area (Å²) in [6.07, 6.45) is 0.594. The van der Waals surface area contributed by atoms with E-state index >= 15 is 0 Å². The fourth-order valence-corrected chi connectivity index (χ4v) is 3.29. The van der Waals surface area contributed by atoms with Crippen LogP contribution in [0, 0.1) is 0 Å². The first kappa shape index (κ1) is 21.1. The number of furan rings is 1. The van der Waals surface area contributed by atoms with E-state index in [0.29, 0.717) is 23.8 Å². The van der Waals surface area contributed by atoms with Crippen molar-refractivity contribution in [2.45, 2.75) is 38.8 Å². The first-order valence-corrected chi connectivity index (χ1v) is 9.54. The molecule has 1 fully saturated rings. The Kier molecular flexibility index (Phi) is 6.51. The molecule has 0 radical (unpaired) electrons. The largest absolute Gasteiger partial charge is 0.494 e. The Bertz CT molecular complexity index is 921. The second-order valence-corrected chi connectivity index (χ2v) is 6.71. The van der Waals surface area contributed by atoms with Gasteiger partial charge in [-0.2, -0.15) is 0 Å². The predicted octanol–water partition coefficient (Wildman–Crippen LogP) is 2.20. The van der Waals surface area contributed by atoms with Crippen molar-refractivity contribution in [2.75, 3.05) is 11.5 Å². The average molecular weight is 414 g/mol. The highest BCUT2D eigenvalue weighted by atomic mass is 16.5. The molecule has 0 saturated carbocycles. The summed E-state index contributed by atoms with van der Waals surface area (Å²) in [5.74, 6) is -1.60. The lowest BCUT2D eigenvalue weighted by Crippen LogP contribution is -2.45. The minimum absolute atomic E-state index is 0.0355. The highest BCUT2D eigenvalue weighted by Crippen LogP contribution is 2.28. The van der Waals surface area contributed by atoms with E-state index in [9.17, 15) is 19.2 Å².